The van der Waals surface area contributed by atoms with Crippen LogP contribution < -0.4 is 5.32 Å². The highest BCUT2D eigenvalue weighted by atomic mass is 35.5. The van der Waals surface area contributed by atoms with Crippen LogP contribution in [0.5, 0.6) is 0 Å². The third kappa shape index (κ3) is 6.20. The molecule has 1 fully saturated rings. The smallest absolute Gasteiger partial charge is 0.247 e. The maximum absolute atomic E-state index is 12.9. The van der Waals surface area contributed by atoms with Crippen molar-refractivity contribution in [2.45, 2.75) is 39.4 Å². The van der Waals surface area contributed by atoms with E-state index in [1.807, 2.05) is 19.1 Å². The lowest BCUT2D eigenvalue weighted by Gasteiger charge is -2.34. The van der Waals surface area contributed by atoms with Crippen LogP contribution in [0.25, 0.3) is 11.4 Å². The molecule has 2 heterocycles. The van der Waals surface area contributed by atoms with Gasteiger partial charge in [-0.2, -0.15) is 4.80 Å². The molecule has 1 aliphatic rings. The van der Waals surface area contributed by atoms with E-state index in [9.17, 15) is 4.79 Å². The molecule has 0 bridgehead atoms. The summed E-state index contributed by atoms with van der Waals surface area (Å²) in [4.78, 5) is 19.2. The van der Waals surface area contributed by atoms with Gasteiger partial charge in [-0.05, 0) is 53.6 Å². The van der Waals surface area contributed by atoms with E-state index < -0.39 is 6.04 Å². The highest BCUT2D eigenvalue weighted by molar-refractivity contribution is 6.30. The molecule has 3 aromatic rings. The van der Waals surface area contributed by atoms with E-state index in [4.69, 9.17) is 11.6 Å². The van der Waals surface area contributed by atoms with Crippen LogP contribution in [-0.4, -0.2) is 68.6 Å². The predicted molar refractivity (Wildman–Crippen MR) is 133 cm³/mol. The first-order chi connectivity index (χ1) is 16.6. The number of nitrogens with zero attached hydrogens (tertiary/aromatic N) is 6. The molecule has 1 unspecified atom stereocenters. The summed E-state index contributed by atoms with van der Waals surface area (Å²) in [7, 11) is 0. The van der Waals surface area contributed by atoms with Crippen LogP contribution in [0.15, 0.2) is 48.5 Å². The fourth-order valence-corrected chi connectivity index (χ4v) is 4.24. The second kappa shape index (κ2) is 11.6. The molecular weight excluding hydrogens is 450 g/mol. The Bertz CT molecular complexity index is 1060. The number of halogens is 1. The minimum absolute atomic E-state index is 0.125. The number of aromatic nitrogens is 4. The molecule has 2 aromatic carbocycles. The average Bonchev–Trinajstić information content (AvgIpc) is 3.35. The van der Waals surface area contributed by atoms with E-state index in [0.717, 1.165) is 50.4 Å². The second-order valence-corrected chi connectivity index (χ2v) is 9.05. The van der Waals surface area contributed by atoms with Crippen LogP contribution in [0.3, 0.4) is 0 Å². The van der Waals surface area contributed by atoms with Crippen molar-refractivity contribution in [1.82, 2.24) is 35.3 Å². The number of hydrogen-bond donors (Lipinski definition) is 1. The Labute approximate surface area is 205 Å². The lowest BCUT2D eigenvalue weighted by molar-refractivity contribution is -0.125. The van der Waals surface area contributed by atoms with E-state index in [1.165, 1.54) is 10.4 Å². The van der Waals surface area contributed by atoms with Crippen molar-refractivity contribution in [2.24, 2.45) is 0 Å². The van der Waals surface area contributed by atoms with Crippen LogP contribution in [0.1, 0.15) is 37.4 Å². The molecule has 4 rings (SSSR count). The number of hydrogen-bond acceptors (Lipinski definition) is 6. The van der Waals surface area contributed by atoms with Gasteiger partial charge in [-0.3, -0.25) is 9.69 Å². The first-order valence-corrected chi connectivity index (χ1v) is 12.3. The van der Waals surface area contributed by atoms with Crippen molar-refractivity contribution >= 4 is 17.5 Å². The highest BCUT2D eigenvalue weighted by Crippen LogP contribution is 2.19. The molecule has 1 amide bonds. The van der Waals surface area contributed by atoms with Crippen molar-refractivity contribution in [2.75, 3.05) is 32.7 Å². The van der Waals surface area contributed by atoms with Gasteiger partial charge in [0.05, 0.1) is 0 Å². The van der Waals surface area contributed by atoms with Crippen LogP contribution in [0.2, 0.25) is 5.02 Å². The summed E-state index contributed by atoms with van der Waals surface area (Å²) in [6.07, 6.45) is 0.562. The molecule has 1 aliphatic heterocycles. The summed E-state index contributed by atoms with van der Waals surface area (Å²) in [5.41, 5.74) is 3.17. The average molecular weight is 482 g/mol. The topological polar surface area (TPSA) is 79.2 Å². The lowest BCUT2D eigenvalue weighted by Crippen LogP contribution is -2.45. The van der Waals surface area contributed by atoms with Crippen molar-refractivity contribution in [1.29, 1.82) is 0 Å². The van der Waals surface area contributed by atoms with Crippen molar-refractivity contribution < 1.29 is 4.79 Å². The van der Waals surface area contributed by atoms with Gasteiger partial charge in [0.25, 0.3) is 0 Å². The zero-order chi connectivity index (χ0) is 23.9. The number of piperazine rings is 1. The van der Waals surface area contributed by atoms with Gasteiger partial charge in [0, 0.05) is 49.9 Å². The Hall–Kier alpha value is -2.81. The van der Waals surface area contributed by atoms with Crippen molar-refractivity contribution in [3.8, 4) is 11.4 Å². The third-order valence-corrected chi connectivity index (χ3v) is 6.56. The van der Waals surface area contributed by atoms with Crippen molar-refractivity contribution in [3.63, 3.8) is 0 Å². The van der Waals surface area contributed by atoms with Gasteiger partial charge in [0.1, 0.15) is 0 Å². The van der Waals surface area contributed by atoms with Crippen LogP contribution in [0, 0.1) is 0 Å². The molecule has 1 N–H and O–H groups in total. The number of rotatable bonds is 9. The second-order valence-electron chi connectivity index (χ2n) is 8.61. The Morgan fingerprint density at radius 3 is 2.26 bits per heavy atom. The van der Waals surface area contributed by atoms with Crippen LogP contribution in [-0.2, 0) is 17.9 Å². The third-order valence-electron chi connectivity index (χ3n) is 6.31. The Kier molecular flexibility index (Phi) is 8.26. The summed E-state index contributed by atoms with van der Waals surface area (Å²) in [6.45, 7) is 11.2. The van der Waals surface area contributed by atoms with Gasteiger partial charge < -0.3 is 10.2 Å². The summed E-state index contributed by atoms with van der Waals surface area (Å²) < 4.78 is 0. The first-order valence-electron chi connectivity index (χ1n) is 11.9. The number of carbonyl (C=O) groups excluding carboxylic acids is 1. The summed E-state index contributed by atoms with van der Waals surface area (Å²) in [5.74, 6) is 0.343. The largest absolute Gasteiger partial charge is 0.350 e. The molecular formula is C25H32ClN7O. The molecule has 9 heteroatoms. The van der Waals surface area contributed by atoms with E-state index in [0.29, 0.717) is 23.8 Å². The zero-order valence-electron chi connectivity index (χ0n) is 19.8. The predicted octanol–water partition coefficient (Wildman–Crippen LogP) is 3.40. The number of amides is 1. The van der Waals surface area contributed by atoms with Gasteiger partial charge in [-0.15, -0.1) is 10.2 Å². The summed E-state index contributed by atoms with van der Waals surface area (Å²) in [5, 5.41) is 16.3. The van der Waals surface area contributed by atoms with Gasteiger partial charge in [-0.25, -0.2) is 0 Å². The maximum atomic E-state index is 12.9. The number of tetrazole rings is 1. The first kappa shape index (κ1) is 24.3. The fourth-order valence-electron chi connectivity index (χ4n) is 4.12. The van der Waals surface area contributed by atoms with Gasteiger partial charge >= 0.3 is 0 Å². The lowest BCUT2D eigenvalue weighted by atomic mass is 10.1. The van der Waals surface area contributed by atoms with Crippen LogP contribution >= 0.6 is 11.6 Å². The van der Waals surface area contributed by atoms with Crippen molar-refractivity contribution in [3.05, 3.63) is 64.7 Å². The fraction of sp³-hybridized carbons (Fsp3) is 0.440. The molecule has 0 saturated carbocycles. The minimum atomic E-state index is -0.519. The molecule has 34 heavy (non-hydrogen) atoms. The Morgan fingerprint density at radius 1 is 0.971 bits per heavy atom. The molecule has 1 aromatic heterocycles. The molecule has 0 spiro atoms. The highest BCUT2D eigenvalue weighted by Gasteiger charge is 2.22. The standard InChI is InChI=1S/C25H32ClN7O/c1-3-23(33-29-24(28-30-33)21-9-11-22(26)12-10-21)25(34)27-17-19-5-7-20(8-6-19)18-32-15-13-31(4-2)14-16-32/h5-12,23H,3-4,13-18H2,1-2H3,(H,27,34). The SMILES string of the molecule is CCC(C(=O)NCc1ccc(CN2CCN(CC)CC2)cc1)n1nnc(-c2ccc(Cl)cc2)n1. The van der Waals surface area contributed by atoms with Crippen LogP contribution in [0.4, 0.5) is 0 Å². The molecule has 8 nitrogen and oxygen atoms in total. The maximum Gasteiger partial charge on any atom is 0.247 e. The molecule has 0 aliphatic carbocycles. The minimum Gasteiger partial charge on any atom is -0.350 e. The molecule has 1 atom stereocenters. The Morgan fingerprint density at radius 2 is 1.62 bits per heavy atom. The number of carbonyl (C=O) groups is 1. The molecule has 180 valence electrons. The van der Waals surface area contributed by atoms with Gasteiger partial charge in [0.15, 0.2) is 6.04 Å². The number of likely N-dealkylation sites (N-methyl/N-ethyl adjacent to an activating group) is 1. The molecule has 1 saturated heterocycles. The zero-order valence-corrected chi connectivity index (χ0v) is 20.6. The van der Waals surface area contributed by atoms with E-state index >= 15 is 0 Å². The van der Waals surface area contributed by atoms with E-state index in [2.05, 4.69) is 61.7 Å². The van der Waals surface area contributed by atoms with Gasteiger partial charge in [-0.1, -0.05) is 49.7 Å². The molecule has 0 radical (unpaired) electrons. The summed E-state index contributed by atoms with van der Waals surface area (Å²) in [6, 6.07) is 15.2. The Balaban J connectivity index is 1.30. The number of benzene rings is 2. The number of nitrogens with one attached hydrogen (secondary N) is 1. The normalized spacial score (nSPS) is 15.9. The van der Waals surface area contributed by atoms with E-state index in [-0.39, 0.29) is 5.91 Å². The quantitative estimate of drug-likeness (QED) is 0.504. The van der Waals surface area contributed by atoms with E-state index in [1.54, 1.807) is 12.1 Å². The van der Waals surface area contributed by atoms with Gasteiger partial charge in [0.2, 0.25) is 11.7 Å². The summed E-state index contributed by atoms with van der Waals surface area (Å²) >= 11 is 5.95. The monoisotopic (exact) mass is 481 g/mol.